The van der Waals surface area contributed by atoms with Crippen molar-refractivity contribution in [2.75, 3.05) is 19.8 Å². The molecule has 1 heterocycles. The molecule has 0 saturated carbocycles. The minimum atomic E-state index is -0.412. The van der Waals surface area contributed by atoms with Crippen molar-refractivity contribution >= 4 is 0 Å². The van der Waals surface area contributed by atoms with E-state index in [2.05, 4.69) is 0 Å². The van der Waals surface area contributed by atoms with Crippen LogP contribution >= 0.6 is 0 Å². The Morgan fingerprint density at radius 1 is 1.56 bits per heavy atom. The Bertz CT molecular complexity index is 76.4. The molecule has 9 heavy (non-hydrogen) atoms. The van der Waals surface area contributed by atoms with Crippen molar-refractivity contribution < 1.29 is 14.6 Å². The van der Waals surface area contributed by atoms with Gasteiger partial charge in [0.1, 0.15) is 6.10 Å². The number of hydrogen-bond acceptors (Lipinski definition) is 3. The highest BCUT2D eigenvalue weighted by Gasteiger charge is 2.18. The van der Waals surface area contributed by atoms with Crippen LogP contribution in [0.4, 0.5) is 0 Å². The van der Waals surface area contributed by atoms with Gasteiger partial charge < -0.3 is 14.6 Å². The summed E-state index contributed by atoms with van der Waals surface area (Å²) in [6, 6.07) is 0. The van der Waals surface area contributed by atoms with Crippen molar-refractivity contribution in [3.8, 4) is 0 Å². The quantitative estimate of drug-likeness (QED) is 0.536. The number of ether oxygens (including phenoxy) is 2. The molecule has 0 aromatic heterocycles. The third kappa shape index (κ3) is 1.93. The van der Waals surface area contributed by atoms with E-state index in [4.69, 9.17) is 14.6 Å². The van der Waals surface area contributed by atoms with E-state index < -0.39 is 6.10 Å². The van der Waals surface area contributed by atoms with Gasteiger partial charge in [0.2, 0.25) is 0 Å². The number of aliphatic hydroxyl groups excluding tert-OH is 1. The van der Waals surface area contributed by atoms with Gasteiger partial charge in [0, 0.05) is 0 Å². The van der Waals surface area contributed by atoms with Gasteiger partial charge in [0.15, 0.2) is 0 Å². The van der Waals surface area contributed by atoms with Crippen molar-refractivity contribution in [2.24, 2.45) is 0 Å². The summed E-state index contributed by atoms with van der Waals surface area (Å²) in [6.45, 7) is 3.50. The van der Waals surface area contributed by atoms with Crippen molar-refractivity contribution in [3.63, 3.8) is 0 Å². The Morgan fingerprint density at radius 3 is 2.67 bits per heavy atom. The summed E-state index contributed by atoms with van der Waals surface area (Å²) >= 11 is 0. The Labute approximate surface area is 54.6 Å². The molecule has 1 saturated heterocycles. The fraction of sp³-hybridized carbons (Fsp3) is 1.00. The fourth-order valence-corrected chi connectivity index (χ4v) is 0.785. The van der Waals surface area contributed by atoms with Crippen LogP contribution in [0.15, 0.2) is 0 Å². The van der Waals surface area contributed by atoms with Gasteiger partial charge >= 0.3 is 0 Å². The minimum Gasteiger partial charge on any atom is -0.391 e. The molecule has 0 aliphatic carbocycles. The molecule has 0 aromatic rings. The van der Waals surface area contributed by atoms with E-state index >= 15 is 0 Å². The van der Waals surface area contributed by atoms with Crippen LogP contribution in [-0.2, 0) is 9.47 Å². The number of hydrogen-bond donors (Lipinski definition) is 1. The van der Waals surface area contributed by atoms with Gasteiger partial charge in [-0.3, -0.25) is 0 Å². The van der Waals surface area contributed by atoms with Crippen molar-refractivity contribution in [1.29, 1.82) is 0 Å². The minimum absolute atomic E-state index is 0.112. The van der Waals surface area contributed by atoms with Crippen molar-refractivity contribution in [3.05, 3.63) is 0 Å². The van der Waals surface area contributed by atoms with Gasteiger partial charge in [-0.15, -0.1) is 0 Å². The molecule has 0 radical (unpaired) electrons. The first kappa shape index (κ1) is 6.99. The van der Waals surface area contributed by atoms with E-state index in [-0.39, 0.29) is 6.10 Å². The van der Waals surface area contributed by atoms with Gasteiger partial charge in [0.25, 0.3) is 0 Å². The van der Waals surface area contributed by atoms with E-state index in [0.29, 0.717) is 19.8 Å². The maximum absolute atomic E-state index is 8.97. The van der Waals surface area contributed by atoms with E-state index in [1.54, 1.807) is 6.92 Å². The monoisotopic (exact) mass is 132 g/mol. The summed E-state index contributed by atoms with van der Waals surface area (Å²) in [5.41, 5.74) is 0. The standard InChI is InChI=1S/C6H12O3/c1-5(7)6-4-8-2-3-9-6/h5-7H,2-4H2,1H3/t5-,6?/m1/s1. The van der Waals surface area contributed by atoms with Crippen LogP contribution in [0.25, 0.3) is 0 Å². The average molecular weight is 132 g/mol. The van der Waals surface area contributed by atoms with Crippen LogP contribution in [0, 0.1) is 0 Å². The highest BCUT2D eigenvalue weighted by atomic mass is 16.6. The van der Waals surface area contributed by atoms with Gasteiger partial charge in [-0.1, -0.05) is 0 Å². The largest absolute Gasteiger partial charge is 0.391 e. The zero-order valence-corrected chi connectivity index (χ0v) is 5.54. The summed E-state index contributed by atoms with van der Waals surface area (Å²) in [4.78, 5) is 0. The van der Waals surface area contributed by atoms with E-state index in [1.807, 2.05) is 0 Å². The molecule has 1 aliphatic rings. The molecule has 1 unspecified atom stereocenters. The van der Waals surface area contributed by atoms with E-state index in [1.165, 1.54) is 0 Å². The molecule has 1 rings (SSSR count). The normalized spacial score (nSPS) is 32.0. The molecular weight excluding hydrogens is 120 g/mol. The van der Waals surface area contributed by atoms with Crippen molar-refractivity contribution in [2.45, 2.75) is 19.1 Å². The van der Waals surface area contributed by atoms with E-state index in [9.17, 15) is 0 Å². The van der Waals surface area contributed by atoms with Crippen molar-refractivity contribution in [1.82, 2.24) is 0 Å². The first-order chi connectivity index (χ1) is 4.30. The molecule has 54 valence electrons. The highest BCUT2D eigenvalue weighted by molar-refractivity contribution is 4.65. The Balaban J connectivity index is 2.23. The zero-order valence-electron chi connectivity index (χ0n) is 5.54. The van der Waals surface area contributed by atoms with Gasteiger partial charge in [0.05, 0.1) is 25.9 Å². The molecule has 0 bridgehead atoms. The summed E-state index contributed by atoms with van der Waals surface area (Å²) in [5, 5.41) is 8.97. The predicted molar refractivity (Wildman–Crippen MR) is 32.2 cm³/mol. The molecule has 1 N–H and O–H groups in total. The predicted octanol–water partition coefficient (Wildman–Crippen LogP) is -0.217. The molecule has 2 atom stereocenters. The van der Waals surface area contributed by atoms with Crippen LogP contribution in [-0.4, -0.2) is 37.1 Å². The molecule has 3 nitrogen and oxygen atoms in total. The fourth-order valence-electron chi connectivity index (χ4n) is 0.785. The first-order valence-electron chi connectivity index (χ1n) is 3.18. The summed E-state index contributed by atoms with van der Waals surface area (Å²) in [7, 11) is 0. The van der Waals surface area contributed by atoms with Gasteiger partial charge in [-0.25, -0.2) is 0 Å². The van der Waals surface area contributed by atoms with E-state index in [0.717, 1.165) is 0 Å². The lowest BCUT2D eigenvalue weighted by atomic mass is 10.2. The first-order valence-corrected chi connectivity index (χ1v) is 3.18. The second-order valence-electron chi connectivity index (χ2n) is 2.22. The molecule has 1 fully saturated rings. The Hall–Kier alpha value is -0.120. The van der Waals surface area contributed by atoms with Crippen LogP contribution < -0.4 is 0 Å². The molecule has 3 heteroatoms. The third-order valence-electron chi connectivity index (χ3n) is 1.38. The SMILES string of the molecule is C[C@@H](O)C1COCCO1. The molecule has 0 amide bonds. The summed E-state index contributed by atoms with van der Waals surface area (Å²) in [5.74, 6) is 0. The van der Waals surface area contributed by atoms with Crippen LogP contribution in [0.5, 0.6) is 0 Å². The lowest BCUT2D eigenvalue weighted by Crippen LogP contribution is -2.36. The Kier molecular flexibility index (Phi) is 2.45. The summed E-state index contributed by atoms with van der Waals surface area (Å²) in [6.07, 6.45) is -0.524. The molecule has 0 spiro atoms. The molecule has 1 aliphatic heterocycles. The summed E-state index contributed by atoms with van der Waals surface area (Å²) < 4.78 is 10.2. The zero-order chi connectivity index (χ0) is 6.69. The van der Waals surface area contributed by atoms with Gasteiger partial charge in [-0.05, 0) is 6.92 Å². The van der Waals surface area contributed by atoms with Crippen LogP contribution in [0.2, 0.25) is 0 Å². The smallest absolute Gasteiger partial charge is 0.106 e. The van der Waals surface area contributed by atoms with Gasteiger partial charge in [-0.2, -0.15) is 0 Å². The number of rotatable bonds is 1. The topological polar surface area (TPSA) is 38.7 Å². The van der Waals surface area contributed by atoms with Crippen LogP contribution in [0.1, 0.15) is 6.92 Å². The lowest BCUT2D eigenvalue weighted by Gasteiger charge is -2.24. The molecule has 0 aromatic carbocycles. The second kappa shape index (κ2) is 3.15. The second-order valence-corrected chi connectivity index (χ2v) is 2.22. The maximum atomic E-state index is 8.97. The lowest BCUT2D eigenvalue weighted by molar-refractivity contribution is -0.127. The molecular formula is C6H12O3. The average Bonchev–Trinajstić information content (AvgIpc) is 1.90. The third-order valence-corrected chi connectivity index (χ3v) is 1.38. The van der Waals surface area contributed by atoms with Crippen LogP contribution in [0.3, 0.4) is 0 Å². The highest BCUT2D eigenvalue weighted by Crippen LogP contribution is 2.04. The Morgan fingerprint density at radius 2 is 2.33 bits per heavy atom. The maximum Gasteiger partial charge on any atom is 0.106 e. The number of aliphatic hydroxyl groups is 1.